The molecule has 1 nitrogen and oxygen atoms in total. The second kappa shape index (κ2) is 4.95. The first kappa shape index (κ1) is 13.7. The van der Waals surface area contributed by atoms with E-state index in [4.69, 9.17) is 0 Å². The first-order chi connectivity index (χ1) is 6.19. The molecule has 0 aromatic rings. The highest BCUT2D eigenvalue weighted by Gasteiger charge is 2.34. The van der Waals surface area contributed by atoms with Crippen molar-refractivity contribution < 1.29 is 4.79 Å². The quantitative estimate of drug-likeness (QED) is 0.654. The predicted octanol–water partition coefficient (Wildman–Crippen LogP) is 3.92. The molecule has 0 aliphatic heterocycles. The van der Waals surface area contributed by atoms with Gasteiger partial charge in [0.05, 0.1) is 0 Å². The molecule has 1 atom stereocenters. The fourth-order valence-corrected chi connectivity index (χ4v) is 1.73. The molecule has 0 aromatic heterocycles. The zero-order chi connectivity index (χ0) is 11.5. The number of carbonyl (C=O) groups excluding carboxylic acids is 1. The minimum absolute atomic E-state index is 0.172. The van der Waals surface area contributed by atoms with Crippen molar-refractivity contribution in [2.75, 3.05) is 0 Å². The Bertz CT molecular complexity index is 189. The van der Waals surface area contributed by atoms with Crippen molar-refractivity contribution in [3.05, 3.63) is 0 Å². The van der Waals surface area contributed by atoms with Gasteiger partial charge < -0.3 is 0 Å². The van der Waals surface area contributed by atoms with Crippen molar-refractivity contribution >= 4 is 5.78 Å². The summed E-state index contributed by atoms with van der Waals surface area (Å²) in [5, 5.41) is 0. The molecule has 1 unspecified atom stereocenters. The molecule has 0 saturated heterocycles. The first-order valence-electron chi connectivity index (χ1n) is 5.73. The number of hydrogen-bond donors (Lipinski definition) is 0. The van der Waals surface area contributed by atoms with Crippen molar-refractivity contribution in [3.8, 4) is 0 Å². The molecule has 0 aromatic carbocycles. The van der Waals surface area contributed by atoms with Crippen LogP contribution in [0.25, 0.3) is 0 Å². The minimum Gasteiger partial charge on any atom is -0.299 e. The Morgan fingerprint density at radius 1 is 1.07 bits per heavy atom. The van der Waals surface area contributed by atoms with Gasteiger partial charge in [0.15, 0.2) is 0 Å². The first-order valence-corrected chi connectivity index (χ1v) is 5.73. The number of hydrogen-bond acceptors (Lipinski definition) is 1. The van der Waals surface area contributed by atoms with E-state index >= 15 is 0 Å². The summed E-state index contributed by atoms with van der Waals surface area (Å²) in [6.45, 7) is 14.8. The summed E-state index contributed by atoms with van der Waals surface area (Å²) in [6.07, 6.45) is 1.01. The molecule has 0 heterocycles. The second-order valence-electron chi connectivity index (χ2n) is 5.77. The molecule has 0 aliphatic rings. The van der Waals surface area contributed by atoms with E-state index in [-0.39, 0.29) is 11.3 Å². The molecule has 0 spiro atoms. The summed E-state index contributed by atoms with van der Waals surface area (Å²) in [6, 6.07) is 0. The summed E-state index contributed by atoms with van der Waals surface area (Å²) >= 11 is 0. The van der Waals surface area contributed by atoms with Crippen molar-refractivity contribution in [2.24, 2.45) is 23.2 Å². The summed E-state index contributed by atoms with van der Waals surface area (Å²) in [7, 11) is 0. The average Bonchev–Trinajstić information content (AvgIpc) is 2.01. The molecule has 0 N–H and O–H groups in total. The minimum atomic E-state index is -0.172. The molecule has 0 bridgehead atoms. The fourth-order valence-electron chi connectivity index (χ4n) is 1.73. The highest BCUT2D eigenvalue weighted by Crippen LogP contribution is 2.32. The van der Waals surface area contributed by atoms with Gasteiger partial charge in [0.2, 0.25) is 0 Å². The zero-order valence-corrected chi connectivity index (χ0v) is 10.8. The van der Waals surface area contributed by atoms with Crippen molar-refractivity contribution in [1.29, 1.82) is 0 Å². The molecule has 0 aliphatic carbocycles. The van der Waals surface area contributed by atoms with Gasteiger partial charge in [-0.3, -0.25) is 4.79 Å². The standard InChI is InChI=1S/C13H26O/c1-9(2)8-11(5)12(14)13(6,7)10(3)4/h9-11H,8H2,1-7H3. The number of Topliss-reactive ketones (excluding diaryl/α,β-unsaturated/α-hetero) is 1. The highest BCUT2D eigenvalue weighted by molar-refractivity contribution is 5.86. The van der Waals surface area contributed by atoms with E-state index in [1.54, 1.807) is 0 Å². The van der Waals surface area contributed by atoms with E-state index in [0.717, 1.165) is 6.42 Å². The molecular formula is C13H26O. The highest BCUT2D eigenvalue weighted by atomic mass is 16.1. The van der Waals surface area contributed by atoms with E-state index in [9.17, 15) is 4.79 Å². The fraction of sp³-hybridized carbons (Fsp3) is 0.923. The molecule has 14 heavy (non-hydrogen) atoms. The maximum atomic E-state index is 12.1. The van der Waals surface area contributed by atoms with Gasteiger partial charge in [-0.15, -0.1) is 0 Å². The Morgan fingerprint density at radius 2 is 1.50 bits per heavy atom. The molecule has 0 radical (unpaired) electrons. The summed E-state index contributed by atoms with van der Waals surface area (Å²) in [4.78, 5) is 12.1. The van der Waals surface area contributed by atoms with Crippen LogP contribution in [0.15, 0.2) is 0 Å². The average molecular weight is 198 g/mol. The van der Waals surface area contributed by atoms with Gasteiger partial charge in [-0.05, 0) is 18.3 Å². The molecular weight excluding hydrogens is 172 g/mol. The van der Waals surface area contributed by atoms with Crippen LogP contribution in [0.1, 0.15) is 54.9 Å². The van der Waals surface area contributed by atoms with Gasteiger partial charge in [-0.25, -0.2) is 0 Å². The topological polar surface area (TPSA) is 17.1 Å². The summed E-state index contributed by atoms with van der Waals surface area (Å²) in [5.41, 5.74) is -0.172. The third kappa shape index (κ3) is 3.43. The van der Waals surface area contributed by atoms with E-state index in [1.165, 1.54) is 0 Å². The normalized spacial score (nSPS) is 14.9. The molecule has 0 saturated carbocycles. The van der Waals surface area contributed by atoms with Crippen LogP contribution in [-0.2, 0) is 4.79 Å². The van der Waals surface area contributed by atoms with Crippen molar-refractivity contribution in [2.45, 2.75) is 54.9 Å². The van der Waals surface area contributed by atoms with Crippen LogP contribution in [0.4, 0.5) is 0 Å². The molecule has 1 heteroatoms. The van der Waals surface area contributed by atoms with E-state index in [2.05, 4.69) is 48.5 Å². The van der Waals surface area contributed by atoms with Crippen molar-refractivity contribution in [3.63, 3.8) is 0 Å². The lowest BCUT2D eigenvalue weighted by Gasteiger charge is -2.31. The Hall–Kier alpha value is -0.330. The smallest absolute Gasteiger partial charge is 0.141 e. The van der Waals surface area contributed by atoms with Crippen LogP contribution < -0.4 is 0 Å². The van der Waals surface area contributed by atoms with Crippen LogP contribution in [0.5, 0.6) is 0 Å². The largest absolute Gasteiger partial charge is 0.299 e. The summed E-state index contributed by atoms with van der Waals surface area (Å²) < 4.78 is 0. The van der Waals surface area contributed by atoms with Crippen LogP contribution in [0, 0.1) is 23.2 Å². The molecule has 0 amide bonds. The molecule has 0 fully saturated rings. The lowest BCUT2D eigenvalue weighted by Crippen LogP contribution is -2.34. The van der Waals surface area contributed by atoms with Gasteiger partial charge in [-0.1, -0.05) is 48.5 Å². The summed E-state index contributed by atoms with van der Waals surface area (Å²) in [5.74, 6) is 1.65. The van der Waals surface area contributed by atoms with Crippen LogP contribution >= 0.6 is 0 Å². The Labute approximate surface area is 89.3 Å². The Morgan fingerprint density at radius 3 is 1.79 bits per heavy atom. The van der Waals surface area contributed by atoms with E-state index in [1.807, 2.05) is 0 Å². The predicted molar refractivity (Wildman–Crippen MR) is 62.2 cm³/mol. The number of carbonyl (C=O) groups is 1. The molecule has 0 rings (SSSR count). The monoisotopic (exact) mass is 198 g/mol. The van der Waals surface area contributed by atoms with Crippen molar-refractivity contribution in [1.82, 2.24) is 0 Å². The number of ketones is 1. The van der Waals surface area contributed by atoms with Gasteiger partial charge in [-0.2, -0.15) is 0 Å². The lowest BCUT2D eigenvalue weighted by molar-refractivity contribution is -0.133. The van der Waals surface area contributed by atoms with Crippen LogP contribution in [-0.4, -0.2) is 5.78 Å². The van der Waals surface area contributed by atoms with E-state index < -0.39 is 0 Å². The maximum absolute atomic E-state index is 12.1. The van der Waals surface area contributed by atoms with Gasteiger partial charge >= 0.3 is 0 Å². The SMILES string of the molecule is CC(C)CC(C)C(=O)C(C)(C)C(C)C. The third-order valence-electron chi connectivity index (χ3n) is 3.35. The number of rotatable bonds is 5. The van der Waals surface area contributed by atoms with Crippen LogP contribution in [0.2, 0.25) is 0 Å². The van der Waals surface area contributed by atoms with E-state index in [0.29, 0.717) is 17.6 Å². The van der Waals surface area contributed by atoms with Gasteiger partial charge in [0.1, 0.15) is 5.78 Å². The maximum Gasteiger partial charge on any atom is 0.141 e. The second-order valence-corrected chi connectivity index (χ2v) is 5.77. The lowest BCUT2D eigenvalue weighted by atomic mass is 9.72. The third-order valence-corrected chi connectivity index (χ3v) is 3.35. The van der Waals surface area contributed by atoms with Gasteiger partial charge in [0.25, 0.3) is 0 Å². The van der Waals surface area contributed by atoms with Crippen LogP contribution in [0.3, 0.4) is 0 Å². The molecule has 84 valence electrons. The Balaban J connectivity index is 4.45. The Kier molecular flexibility index (Phi) is 4.83. The zero-order valence-electron chi connectivity index (χ0n) is 10.8. The van der Waals surface area contributed by atoms with Gasteiger partial charge in [0, 0.05) is 11.3 Å².